The minimum absolute atomic E-state index is 0.631. The van der Waals surface area contributed by atoms with Crippen LogP contribution in [0.25, 0.3) is 0 Å². The van der Waals surface area contributed by atoms with Crippen LogP contribution in [0.2, 0.25) is 0 Å². The van der Waals surface area contributed by atoms with Crippen molar-refractivity contribution in [3.8, 4) is 5.75 Å². The van der Waals surface area contributed by atoms with Crippen molar-refractivity contribution in [2.75, 3.05) is 7.11 Å². The van der Waals surface area contributed by atoms with Crippen LogP contribution in [0.3, 0.4) is 0 Å². The number of thiazole rings is 1. The molecule has 0 amide bonds. The lowest BCUT2D eigenvalue weighted by Gasteiger charge is -2.36. The van der Waals surface area contributed by atoms with Gasteiger partial charge < -0.3 is 10.1 Å². The summed E-state index contributed by atoms with van der Waals surface area (Å²) >= 11 is 1.74. The summed E-state index contributed by atoms with van der Waals surface area (Å²) in [6.07, 6.45) is 2.44. The predicted molar refractivity (Wildman–Crippen MR) is 82.4 cm³/mol. The highest BCUT2D eigenvalue weighted by Crippen LogP contribution is 2.37. The molecule has 20 heavy (non-hydrogen) atoms. The molecular weight excluding hydrogens is 268 g/mol. The smallest absolute Gasteiger partial charge is 0.118 e. The number of ether oxygens (including phenoxy) is 1. The van der Waals surface area contributed by atoms with Crippen LogP contribution in [0.15, 0.2) is 29.6 Å². The highest BCUT2D eigenvalue weighted by atomic mass is 32.1. The van der Waals surface area contributed by atoms with Gasteiger partial charge in [-0.3, -0.25) is 0 Å². The van der Waals surface area contributed by atoms with Gasteiger partial charge in [0, 0.05) is 23.7 Å². The normalized spacial score (nSPS) is 21.5. The quantitative estimate of drug-likeness (QED) is 0.914. The summed E-state index contributed by atoms with van der Waals surface area (Å²) in [6.45, 7) is 2.95. The molecule has 1 heterocycles. The Morgan fingerprint density at radius 3 is 2.65 bits per heavy atom. The summed E-state index contributed by atoms with van der Waals surface area (Å²) in [6, 6.07) is 9.10. The van der Waals surface area contributed by atoms with Gasteiger partial charge >= 0.3 is 0 Å². The Balaban J connectivity index is 1.46. The molecule has 3 nitrogen and oxygen atoms in total. The van der Waals surface area contributed by atoms with Crippen LogP contribution in [-0.4, -0.2) is 18.1 Å². The number of rotatable bonds is 5. The zero-order chi connectivity index (χ0) is 13.9. The van der Waals surface area contributed by atoms with Gasteiger partial charge in [-0.25, -0.2) is 4.98 Å². The molecule has 3 rings (SSSR count). The third kappa shape index (κ3) is 3.02. The predicted octanol–water partition coefficient (Wildman–Crippen LogP) is 3.50. The van der Waals surface area contributed by atoms with Gasteiger partial charge in [0.15, 0.2) is 0 Å². The Hall–Kier alpha value is -1.39. The second-order valence-corrected chi connectivity index (χ2v) is 6.34. The summed E-state index contributed by atoms with van der Waals surface area (Å²) in [5.41, 5.74) is 2.55. The third-order valence-electron chi connectivity index (χ3n) is 3.93. The first-order chi connectivity index (χ1) is 9.74. The number of nitrogens with one attached hydrogen (secondary N) is 1. The van der Waals surface area contributed by atoms with E-state index in [-0.39, 0.29) is 0 Å². The molecule has 2 aromatic rings. The first kappa shape index (κ1) is 13.6. The van der Waals surface area contributed by atoms with Gasteiger partial charge in [0.2, 0.25) is 0 Å². The van der Waals surface area contributed by atoms with Crippen molar-refractivity contribution in [2.45, 2.75) is 38.3 Å². The van der Waals surface area contributed by atoms with Crippen LogP contribution in [-0.2, 0) is 6.54 Å². The molecule has 0 unspecified atom stereocenters. The number of hydrogen-bond donors (Lipinski definition) is 1. The second-order valence-electron chi connectivity index (χ2n) is 5.40. The molecule has 1 saturated carbocycles. The summed E-state index contributed by atoms with van der Waals surface area (Å²) in [4.78, 5) is 4.48. The van der Waals surface area contributed by atoms with Crippen molar-refractivity contribution >= 4 is 11.3 Å². The largest absolute Gasteiger partial charge is 0.497 e. The van der Waals surface area contributed by atoms with E-state index in [1.54, 1.807) is 18.4 Å². The van der Waals surface area contributed by atoms with Crippen molar-refractivity contribution in [3.63, 3.8) is 0 Å². The summed E-state index contributed by atoms with van der Waals surface area (Å²) in [5.74, 6) is 1.62. The van der Waals surface area contributed by atoms with Gasteiger partial charge in [-0.2, -0.15) is 0 Å². The van der Waals surface area contributed by atoms with E-state index < -0.39 is 0 Å². The van der Waals surface area contributed by atoms with E-state index in [4.69, 9.17) is 4.74 Å². The topological polar surface area (TPSA) is 34.1 Å². The maximum Gasteiger partial charge on any atom is 0.118 e. The summed E-state index contributed by atoms with van der Waals surface area (Å²) in [7, 11) is 1.71. The fraction of sp³-hybridized carbons (Fsp3) is 0.438. The average Bonchev–Trinajstić information content (AvgIpc) is 2.83. The van der Waals surface area contributed by atoms with E-state index in [0.29, 0.717) is 12.0 Å². The van der Waals surface area contributed by atoms with Gasteiger partial charge in [0.05, 0.1) is 7.11 Å². The van der Waals surface area contributed by atoms with E-state index in [2.05, 4.69) is 39.9 Å². The average molecular weight is 288 g/mol. The molecule has 1 aliphatic carbocycles. The van der Waals surface area contributed by atoms with Crippen LogP contribution in [0, 0.1) is 6.92 Å². The van der Waals surface area contributed by atoms with Crippen molar-refractivity contribution in [2.24, 2.45) is 0 Å². The molecular formula is C16H20N2OS. The summed E-state index contributed by atoms with van der Waals surface area (Å²) < 4.78 is 5.19. The number of aromatic nitrogens is 1. The van der Waals surface area contributed by atoms with Crippen LogP contribution < -0.4 is 10.1 Å². The molecule has 0 bridgehead atoms. The third-order valence-corrected chi connectivity index (χ3v) is 4.90. The maximum absolute atomic E-state index is 5.19. The monoisotopic (exact) mass is 288 g/mol. The fourth-order valence-electron chi connectivity index (χ4n) is 2.65. The van der Waals surface area contributed by atoms with Gasteiger partial charge in [0.25, 0.3) is 0 Å². The van der Waals surface area contributed by atoms with E-state index >= 15 is 0 Å². The number of nitrogens with zero attached hydrogens (tertiary/aromatic N) is 1. The van der Waals surface area contributed by atoms with E-state index in [1.165, 1.54) is 23.4 Å². The van der Waals surface area contributed by atoms with E-state index in [1.807, 2.05) is 6.92 Å². The molecule has 1 aromatic heterocycles. The SMILES string of the molecule is COc1ccc(C2CC(NCc3nc(C)cs3)C2)cc1. The van der Waals surface area contributed by atoms with Gasteiger partial charge in [-0.1, -0.05) is 12.1 Å². The Bertz CT molecular complexity index is 558. The Morgan fingerprint density at radius 1 is 1.30 bits per heavy atom. The second kappa shape index (κ2) is 5.94. The molecule has 0 aliphatic heterocycles. The van der Waals surface area contributed by atoms with Crippen LogP contribution >= 0.6 is 11.3 Å². The molecule has 106 valence electrons. The minimum Gasteiger partial charge on any atom is -0.497 e. The molecule has 1 fully saturated rings. The van der Waals surface area contributed by atoms with Crippen LogP contribution in [0.1, 0.15) is 35.0 Å². The number of benzene rings is 1. The van der Waals surface area contributed by atoms with Crippen LogP contribution in [0.5, 0.6) is 5.75 Å². The first-order valence-electron chi connectivity index (χ1n) is 7.03. The highest BCUT2D eigenvalue weighted by Gasteiger charge is 2.29. The minimum atomic E-state index is 0.631. The summed E-state index contributed by atoms with van der Waals surface area (Å²) in [5, 5.41) is 6.89. The molecule has 1 aliphatic rings. The molecule has 0 atom stereocenters. The molecule has 0 saturated heterocycles. The Labute approximate surface area is 124 Å². The lowest BCUT2D eigenvalue weighted by atomic mass is 9.76. The van der Waals surface area contributed by atoms with Crippen LogP contribution in [0.4, 0.5) is 0 Å². The zero-order valence-corrected chi connectivity index (χ0v) is 12.7. The number of aryl methyl sites for hydroxylation is 1. The molecule has 1 N–H and O–H groups in total. The van der Waals surface area contributed by atoms with E-state index in [9.17, 15) is 0 Å². The van der Waals surface area contributed by atoms with Crippen molar-refractivity contribution < 1.29 is 4.74 Å². The standard InChI is InChI=1S/C16H20N2OS/c1-11-10-20-16(18-11)9-17-14-7-13(8-14)12-3-5-15(19-2)6-4-12/h3-6,10,13-14,17H,7-9H2,1-2H3. The fourth-order valence-corrected chi connectivity index (χ4v) is 3.37. The molecule has 4 heteroatoms. The molecule has 0 radical (unpaired) electrons. The van der Waals surface area contributed by atoms with Crippen molar-refractivity contribution in [1.82, 2.24) is 10.3 Å². The number of hydrogen-bond acceptors (Lipinski definition) is 4. The van der Waals surface area contributed by atoms with Crippen molar-refractivity contribution in [3.05, 3.63) is 45.9 Å². The highest BCUT2D eigenvalue weighted by molar-refractivity contribution is 7.09. The van der Waals surface area contributed by atoms with Crippen molar-refractivity contribution in [1.29, 1.82) is 0 Å². The number of methoxy groups -OCH3 is 1. The Kier molecular flexibility index (Phi) is 4.03. The zero-order valence-electron chi connectivity index (χ0n) is 11.9. The lowest BCUT2D eigenvalue weighted by molar-refractivity contribution is 0.289. The Morgan fingerprint density at radius 2 is 2.05 bits per heavy atom. The van der Waals surface area contributed by atoms with Gasteiger partial charge in [0.1, 0.15) is 10.8 Å². The molecule has 0 spiro atoms. The lowest BCUT2D eigenvalue weighted by Crippen LogP contribution is -2.39. The van der Waals surface area contributed by atoms with Gasteiger partial charge in [-0.15, -0.1) is 11.3 Å². The first-order valence-corrected chi connectivity index (χ1v) is 7.91. The maximum atomic E-state index is 5.19. The van der Waals surface area contributed by atoms with Gasteiger partial charge in [-0.05, 0) is 43.4 Å². The molecule has 1 aromatic carbocycles. The van der Waals surface area contributed by atoms with E-state index in [0.717, 1.165) is 18.0 Å².